The fourth-order valence-corrected chi connectivity index (χ4v) is 3.53. The largest absolute Gasteiger partial charge is 0.489 e. The zero-order valence-corrected chi connectivity index (χ0v) is 16.8. The molecular weight excluding hydrogens is 395 g/mol. The fraction of sp³-hybridized carbons (Fsp3) is 0.160. The van der Waals surface area contributed by atoms with Gasteiger partial charge in [0.05, 0.1) is 0 Å². The summed E-state index contributed by atoms with van der Waals surface area (Å²) < 4.78 is 19.0. The van der Waals surface area contributed by atoms with E-state index in [2.05, 4.69) is 10.3 Å². The standard InChI is InChI=1S/C25H23FN2O3/c26-20-11-9-17(10-12-20)16-31-24-8-4-1-5-18(24)14-28-23(25(29)30)13-19-15-27-22-7-3-2-6-21(19)22/h1-12,15,23,27-28H,13-14,16H2,(H,29,30)/t23-/m0/s1. The molecule has 6 heteroatoms. The average Bonchev–Trinajstić information content (AvgIpc) is 3.19. The Morgan fingerprint density at radius 2 is 1.74 bits per heavy atom. The number of H-pyrrole nitrogens is 1. The molecule has 0 unspecified atom stereocenters. The zero-order chi connectivity index (χ0) is 21.6. The third-order valence-electron chi connectivity index (χ3n) is 5.22. The third kappa shape index (κ3) is 5.10. The Kier molecular flexibility index (Phi) is 6.29. The average molecular weight is 418 g/mol. The van der Waals surface area contributed by atoms with Gasteiger partial charge < -0.3 is 14.8 Å². The predicted molar refractivity (Wildman–Crippen MR) is 117 cm³/mol. The van der Waals surface area contributed by atoms with Crippen LogP contribution in [-0.2, 0) is 24.4 Å². The summed E-state index contributed by atoms with van der Waals surface area (Å²) in [5.74, 6) is -0.534. The highest BCUT2D eigenvalue weighted by molar-refractivity contribution is 5.84. The molecule has 0 saturated heterocycles. The van der Waals surface area contributed by atoms with Crippen LogP contribution in [0.15, 0.2) is 79.0 Å². The van der Waals surface area contributed by atoms with E-state index in [1.54, 1.807) is 12.1 Å². The van der Waals surface area contributed by atoms with Crippen molar-refractivity contribution < 1.29 is 19.0 Å². The molecule has 158 valence electrons. The van der Waals surface area contributed by atoms with Crippen molar-refractivity contribution in [1.29, 1.82) is 0 Å². The smallest absolute Gasteiger partial charge is 0.321 e. The van der Waals surface area contributed by atoms with E-state index < -0.39 is 12.0 Å². The van der Waals surface area contributed by atoms with Gasteiger partial charge in [-0.1, -0.05) is 48.5 Å². The second kappa shape index (κ2) is 9.45. The summed E-state index contributed by atoms with van der Waals surface area (Å²) >= 11 is 0. The second-order valence-electron chi connectivity index (χ2n) is 7.36. The van der Waals surface area contributed by atoms with Crippen LogP contribution in [0.25, 0.3) is 10.9 Å². The quantitative estimate of drug-likeness (QED) is 0.369. The van der Waals surface area contributed by atoms with Crippen molar-refractivity contribution in [3.05, 3.63) is 102 Å². The number of carboxylic acid groups (broad SMARTS) is 1. The lowest BCUT2D eigenvalue weighted by atomic mass is 10.0. The number of ether oxygens (including phenoxy) is 1. The van der Waals surface area contributed by atoms with Gasteiger partial charge in [-0.2, -0.15) is 0 Å². The number of halogens is 1. The normalized spacial score (nSPS) is 12.0. The van der Waals surface area contributed by atoms with E-state index in [9.17, 15) is 14.3 Å². The molecule has 0 bridgehead atoms. The summed E-state index contributed by atoms with van der Waals surface area (Å²) in [5, 5.41) is 13.9. The first-order valence-electron chi connectivity index (χ1n) is 10.1. The maximum atomic E-state index is 13.1. The number of para-hydroxylation sites is 2. The van der Waals surface area contributed by atoms with Gasteiger partial charge in [-0.05, 0) is 35.4 Å². The molecule has 0 spiro atoms. The molecule has 31 heavy (non-hydrogen) atoms. The van der Waals surface area contributed by atoms with Crippen molar-refractivity contribution in [2.24, 2.45) is 0 Å². The molecule has 3 aromatic carbocycles. The van der Waals surface area contributed by atoms with Gasteiger partial charge in [-0.3, -0.25) is 10.1 Å². The summed E-state index contributed by atoms with van der Waals surface area (Å²) in [6.45, 7) is 0.647. The van der Waals surface area contributed by atoms with Gasteiger partial charge in [-0.15, -0.1) is 0 Å². The molecule has 0 radical (unpaired) electrons. The van der Waals surface area contributed by atoms with Crippen molar-refractivity contribution in [2.45, 2.75) is 25.6 Å². The van der Waals surface area contributed by atoms with E-state index in [1.807, 2.05) is 54.7 Å². The number of benzene rings is 3. The van der Waals surface area contributed by atoms with Crippen LogP contribution >= 0.6 is 0 Å². The molecule has 3 N–H and O–H groups in total. The van der Waals surface area contributed by atoms with Gasteiger partial charge >= 0.3 is 5.97 Å². The molecule has 1 atom stereocenters. The first-order valence-corrected chi connectivity index (χ1v) is 10.1. The van der Waals surface area contributed by atoms with Gasteiger partial charge in [0.15, 0.2) is 0 Å². The molecule has 0 aliphatic heterocycles. The number of hydrogen-bond donors (Lipinski definition) is 3. The number of aromatic amines is 1. The molecule has 4 rings (SSSR count). The molecular formula is C25H23FN2O3. The maximum absolute atomic E-state index is 13.1. The summed E-state index contributed by atoms with van der Waals surface area (Å²) in [6, 6.07) is 20.7. The lowest BCUT2D eigenvalue weighted by molar-refractivity contribution is -0.139. The number of rotatable bonds is 9. The number of carbonyl (C=O) groups is 1. The van der Waals surface area contributed by atoms with E-state index >= 15 is 0 Å². The summed E-state index contributed by atoms with van der Waals surface area (Å²) in [7, 11) is 0. The SMILES string of the molecule is O=C(O)[C@H](Cc1c[nH]c2ccccc12)NCc1ccccc1OCc1ccc(F)cc1. The lowest BCUT2D eigenvalue weighted by Gasteiger charge is -2.16. The van der Waals surface area contributed by atoms with Crippen molar-refractivity contribution in [2.75, 3.05) is 0 Å². The van der Waals surface area contributed by atoms with Crippen LogP contribution in [0.2, 0.25) is 0 Å². The molecule has 0 fully saturated rings. The minimum absolute atomic E-state index is 0.289. The number of aliphatic carboxylic acids is 1. The predicted octanol–water partition coefficient (Wildman–Crippen LogP) is 4.67. The Morgan fingerprint density at radius 1 is 1.00 bits per heavy atom. The zero-order valence-electron chi connectivity index (χ0n) is 16.8. The third-order valence-corrected chi connectivity index (χ3v) is 5.22. The van der Waals surface area contributed by atoms with Gasteiger partial charge in [0.1, 0.15) is 24.2 Å². The van der Waals surface area contributed by atoms with Crippen molar-refractivity contribution >= 4 is 16.9 Å². The van der Waals surface area contributed by atoms with Crippen LogP contribution in [0.1, 0.15) is 16.7 Å². The van der Waals surface area contributed by atoms with E-state index in [1.165, 1.54) is 12.1 Å². The minimum atomic E-state index is -0.907. The Morgan fingerprint density at radius 3 is 2.55 bits per heavy atom. The van der Waals surface area contributed by atoms with Gasteiger partial charge in [-0.25, -0.2) is 4.39 Å². The van der Waals surface area contributed by atoms with Crippen LogP contribution in [0.3, 0.4) is 0 Å². The number of hydrogen-bond acceptors (Lipinski definition) is 3. The van der Waals surface area contributed by atoms with Crippen LogP contribution in [0.4, 0.5) is 4.39 Å². The Balaban J connectivity index is 1.43. The van der Waals surface area contributed by atoms with E-state index in [0.29, 0.717) is 25.3 Å². The Hall–Kier alpha value is -3.64. The Bertz CT molecular complexity index is 1170. The van der Waals surface area contributed by atoms with Crippen molar-refractivity contribution in [1.82, 2.24) is 10.3 Å². The molecule has 1 aromatic heterocycles. The van der Waals surface area contributed by atoms with Crippen LogP contribution in [-0.4, -0.2) is 22.1 Å². The molecule has 1 heterocycles. The Labute approximate surface area is 179 Å². The van der Waals surface area contributed by atoms with E-state index in [0.717, 1.165) is 27.6 Å². The number of fused-ring (bicyclic) bond motifs is 1. The highest BCUT2D eigenvalue weighted by Crippen LogP contribution is 2.21. The minimum Gasteiger partial charge on any atom is -0.489 e. The topological polar surface area (TPSA) is 74.3 Å². The maximum Gasteiger partial charge on any atom is 0.321 e. The summed E-state index contributed by atoms with van der Waals surface area (Å²) in [5.41, 5.74) is 3.65. The fourth-order valence-electron chi connectivity index (χ4n) is 3.53. The lowest BCUT2D eigenvalue weighted by Crippen LogP contribution is -2.38. The second-order valence-corrected chi connectivity index (χ2v) is 7.36. The number of nitrogens with one attached hydrogen (secondary N) is 2. The van der Waals surface area contributed by atoms with Crippen molar-refractivity contribution in [3.63, 3.8) is 0 Å². The molecule has 0 aliphatic carbocycles. The van der Waals surface area contributed by atoms with Gasteiger partial charge in [0.25, 0.3) is 0 Å². The van der Waals surface area contributed by atoms with Crippen LogP contribution < -0.4 is 10.1 Å². The van der Waals surface area contributed by atoms with Crippen LogP contribution in [0.5, 0.6) is 5.75 Å². The highest BCUT2D eigenvalue weighted by Gasteiger charge is 2.20. The van der Waals surface area contributed by atoms with E-state index in [-0.39, 0.29) is 5.82 Å². The van der Waals surface area contributed by atoms with Gasteiger partial charge in [0, 0.05) is 35.6 Å². The molecule has 4 aromatic rings. The molecule has 0 amide bonds. The van der Waals surface area contributed by atoms with Gasteiger partial charge in [0.2, 0.25) is 0 Å². The summed E-state index contributed by atoms with van der Waals surface area (Å²) in [6.07, 6.45) is 2.22. The highest BCUT2D eigenvalue weighted by atomic mass is 19.1. The monoisotopic (exact) mass is 418 g/mol. The first-order chi connectivity index (χ1) is 15.1. The number of aromatic nitrogens is 1. The first kappa shape index (κ1) is 20.6. The van der Waals surface area contributed by atoms with Crippen LogP contribution in [0, 0.1) is 5.82 Å². The summed E-state index contributed by atoms with van der Waals surface area (Å²) in [4.78, 5) is 15.1. The molecule has 5 nitrogen and oxygen atoms in total. The molecule has 0 saturated carbocycles. The van der Waals surface area contributed by atoms with Crippen molar-refractivity contribution in [3.8, 4) is 5.75 Å². The molecule has 0 aliphatic rings. The number of carboxylic acids is 1. The van der Waals surface area contributed by atoms with E-state index in [4.69, 9.17) is 4.74 Å².